The molecule has 1 aliphatic heterocycles. The summed E-state index contributed by atoms with van der Waals surface area (Å²) >= 11 is 0. The number of hydrogen-bond acceptors (Lipinski definition) is 3. The van der Waals surface area contributed by atoms with E-state index in [2.05, 4.69) is 4.90 Å². The van der Waals surface area contributed by atoms with Crippen molar-refractivity contribution in [2.45, 2.75) is 38.5 Å². The van der Waals surface area contributed by atoms with E-state index in [9.17, 15) is 18.3 Å². The molecule has 1 N–H and O–H groups in total. The Morgan fingerprint density at radius 1 is 1.26 bits per heavy atom. The number of hydrogen-bond donors (Lipinski definition) is 1. The second kappa shape index (κ2) is 8.02. The smallest absolute Gasteiger partial charge is 0.414 e. The van der Waals surface area contributed by atoms with E-state index in [-0.39, 0.29) is 0 Å². The Hall–Kier alpha value is -1.27. The Morgan fingerprint density at radius 2 is 1.91 bits per heavy atom. The summed E-state index contributed by atoms with van der Waals surface area (Å²) in [5.41, 5.74) is 1.09. The number of rotatable bonds is 6. The number of piperidine rings is 1. The van der Waals surface area contributed by atoms with Crippen LogP contribution in [0.1, 0.15) is 24.8 Å². The lowest BCUT2D eigenvalue weighted by Gasteiger charge is -2.34. The maximum Gasteiger partial charge on any atom is 0.414 e. The molecule has 0 spiro atoms. The molecule has 0 saturated carbocycles. The Bertz CT molecular complexity index is 485. The second-order valence-corrected chi connectivity index (χ2v) is 6.13. The lowest BCUT2D eigenvalue weighted by Crippen LogP contribution is -2.43. The van der Waals surface area contributed by atoms with Crippen molar-refractivity contribution in [3.63, 3.8) is 0 Å². The Morgan fingerprint density at radius 3 is 2.52 bits per heavy atom. The minimum atomic E-state index is -4.51. The van der Waals surface area contributed by atoms with Crippen molar-refractivity contribution in [2.75, 3.05) is 26.2 Å². The molecule has 0 amide bonds. The third kappa shape index (κ3) is 5.39. The maximum atomic E-state index is 12.5. The van der Waals surface area contributed by atoms with E-state index in [0.29, 0.717) is 32.5 Å². The third-order valence-electron chi connectivity index (χ3n) is 4.38. The first-order valence-electron chi connectivity index (χ1n) is 8.03. The van der Waals surface area contributed by atoms with Gasteiger partial charge >= 0.3 is 6.18 Å². The number of alkyl halides is 3. The van der Waals surface area contributed by atoms with E-state index in [1.165, 1.54) is 0 Å². The number of para-hydroxylation sites is 1. The van der Waals surface area contributed by atoms with Gasteiger partial charge in [0.2, 0.25) is 0 Å². The van der Waals surface area contributed by atoms with Crippen molar-refractivity contribution in [3.8, 4) is 5.75 Å². The molecule has 1 fully saturated rings. The molecule has 0 radical (unpaired) electrons. The molecule has 23 heavy (non-hydrogen) atoms. The van der Waals surface area contributed by atoms with Crippen molar-refractivity contribution in [3.05, 3.63) is 29.8 Å². The fourth-order valence-electron chi connectivity index (χ4n) is 2.95. The first-order valence-corrected chi connectivity index (χ1v) is 8.03. The zero-order valence-electron chi connectivity index (χ0n) is 13.4. The van der Waals surface area contributed by atoms with E-state index in [1.54, 1.807) is 0 Å². The van der Waals surface area contributed by atoms with Gasteiger partial charge in [-0.25, -0.2) is 0 Å². The number of aliphatic hydroxyl groups excluding tert-OH is 1. The topological polar surface area (TPSA) is 32.7 Å². The van der Waals surface area contributed by atoms with Gasteiger partial charge in [0.1, 0.15) is 5.75 Å². The van der Waals surface area contributed by atoms with Crippen LogP contribution in [0.5, 0.6) is 5.75 Å². The third-order valence-corrected chi connectivity index (χ3v) is 4.38. The van der Waals surface area contributed by atoms with Crippen LogP contribution >= 0.6 is 0 Å². The van der Waals surface area contributed by atoms with Crippen LogP contribution in [0.3, 0.4) is 0 Å². The van der Waals surface area contributed by atoms with Gasteiger partial charge in [-0.1, -0.05) is 18.2 Å². The molecule has 130 valence electrons. The van der Waals surface area contributed by atoms with E-state index in [4.69, 9.17) is 4.74 Å². The summed E-state index contributed by atoms with van der Waals surface area (Å²) in [5.74, 6) is 0.203. The molecule has 6 heteroatoms. The Labute approximate surface area is 135 Å². The highest BCUT2D eigenvalue weighted by Crippen LogP contribution is 2.31. The molecule has 1 aliphatic rings. The Kier molecular flexibility index (Phi) is 6.30. The molecule has 3 nitrogen and oxygen atoms in total. The highest BCUT2D eigenvalue weighted by Gasteiger charge is 2.44. The van der Waals surface area contributed by atoms with Crippen LogP contribution in [0.25, 0.3) is 0 Å². The standard InChI is InChI=1S/C17H24F3NO2/c1-13-5-2-3-6-15(13)23-12-4-9-21-10-7-14(8-11-21)16(22)17(18,19)20/h2-3,5-6,14,16,22H,4,7-12H2,1H3. The molecule has 1 unspecified atom stereocenters. The monoisotopic (exact) mass is 331 g/mol. The second-order valence-electron chi connectivity index (χ2n) is 6.13. The van der Waals surface area contributed by atoms with Gasteiger partial charge in [0.25, 0.3) is 0 Å². The first kappa shape index (κ1) is 18.1. The van der Waals surface area contributed by atoms with Crippen molar-refractivity contribution < 1.29 is 23.0 Å². The van der Waals surface area contributed by atoms with Gasteiger partial charge in [-0.05, 0) is 56.8 Å². The number of likely N-dealkylation sites (tertiary alicyclic amines) is 1. The van der Waals surface area contributed by atoms with Crippen molar-refractivity contribution in [1.82, 2.24) is 4.90 Å². The zero-order valence-corrected chi connectivity index (χ0v) is 13.4. The molecule has 2 rings (SSSR count). The number of aryl methyl sites for hydroxylation is 1. The van der Waals surface area contributed by atoms with Crippen molar-refractivity contribution >= 4 is 0 Å². The molecule has 1 aromatic carbocycles. The SMILES string of the molecule is Cc1ccccc1OCCCN1CCC(C(O)C(F)(F)F)CC1. The average molecular weight is 331 g/mol. The van der Waals surface area contributed by atoms with Gasteiger partial charge in [0.05, 0.1) is 6.61 Å². The van der Waals surface area contributed by atoms with Gasteiger partial charge in [-0.15, -0.1) is 0 Å². The molecular weight excluding hydrogens is 307 g/mol. The summed E-state index contributed by atoms with van der Waals surface area (Å²) in [6, 6.07) is 7.81. The summed E-state index contributed by atoms with van der Waals surface area (Å²) in [4.78, 5) is 2.14. The van der Waals surface area contributed by atoms with Crippen molar-refractivity contribution in [1.29, 1.82) is 0 Å². The minimum absolute atomic E-state index is 0.388. The summed E-state index contributed by atoms with van der Waals surface area (Å²) in [6.07, 6.45) is -5.08. The molecule has 1 atom stereocenters. The van der Waals surface area contributed by atoms with Crippen molar-refractivity contribution in [2.24, 2.45) is 5.92 Å². The molecule has 0 bridgehead atoms. The van der Waals surface area contributed by atoms with Crippen LogP contribution in [-0.2, 0) is 0 Å². The molecule has 1 heterocycles. The number of benzene rings is 1. The lowest BCUT2D eigenvalue weighted by atomic mass is 9.91. The van der Waals surface area contributed by atoms with Gasteiger partial charge in [-0.2, -0.15) is 13.2 Å². The van der Waals surface area contributed by atoms with Crippen LogP contribution < -0.4 is 4.74 Å². The first-order chi connectivity index (χ1) is 10.9. The van der Waals surface area contributed by atoms with E-state index in [0.717, 1.165) is 24.3 Å². The summed E-state index contributed by atoms with van der Waals surface area (Å²) in [5, 5.41) is 9.30. The van der Waals surface area contributed by atoms with Gasteiger partial charge < -0.3 is 14.7 Å². The predicted molar refractivity (Wildman–Crippen MR) is 82.5 cm³/mol. The summed E-state index contributed by atoms with van der Waals surface area (Å²) < 4.78 is 43.2. The fraction of sp³-hybridized carbons (Fsp3) is 0.647. The summed E-state index contributed by atoms with van der Waals surface area (Å²) in [6.45, 7) is 4.59. The van der Waals surface area contributed by atoms with E-state index < -0.39 is 18.2 Å². The van der Waals surface area contributed by atoms with Gasteiger partial charge in [-0.3, -0.25) is 0 Å². The van der Waals surface area contributed by atoms with E-state index >= 15 is 0 Å². The van der Waals surface area contributed by atoms with Crippen LogP contribution in [0, 0.1) is 12.8 Å². The number of nitrogens with zero attached hydrogens (tertiary/aromatic N) is 1. The molecule has 1 saturated heterocycles. The highest BCUT2D eigenvalue weighted by molar-refractivity contribution is 5.31. The zero-order chi connectivity index (χ0) is 16.9. The quantitative estimate of drug-likeness (QED) is 0.811. The molecular formula is C17H24F3NO2. The number of halogens is 3. The summed E-state index contributed by atoms with van der Waals surface area (Å²) in [7, 11) is 0. The maximum absolute atomic E-state index is 12.5. The van der Waals surface area contributed by atoms with Crippen LogP contribution in [0.2, 0.25) is 0 Å². The van der Waals surface area contributed by atoms with Gasteiger partial charge in [0, 0.05) is 6.54 Å². The van der Waals surface area contributed by atoms with E-state index in [1.807, 2.05) is 31.2 Å². The Balaban J connectivity index is 1.64. The van der Waals surface area contributed by atoms with Crippen LogP contribution in [0.4, 0.5) is 13.2 Å². The molecule has 0 aromatic heterocycles. The molecule has 0 aliphatic carbocycles. The number of aliphatic hydroxyl groups is 1. The number of ether oxygens (including phenoxy) is 1. The largest absolute Gasteiger partial charge is 0.493 e. The van der Waals surface area contributed by atoms with Crippen LogP contribution in [-0.4, -0.2) is 48.5 Å². The normalized spacial score (nSPS) is 18.8. The predicted octanol–water partition coefficient (Wildman–Crippen LogP) is 3.40. The fourth-order valence-corrected chi connectivity index (χ4v) is 2.95. The molecule has 1 aromatic rings. The van der Waals surface area contributed by atoms with Gasteiger partial charge in [0.15, 0.2) is 6.10 Å². The average Bonchev–Trinajstić information content (AvgIpc) is 2.52. The minimum Gasteiger partial charge on any atom is -0.493 e. The highest BCUT2D eigenvalue weighted by atomic mass is 19.4. The van der Waals surface area contributed by atoms with Crippen LogP contribution in [0.15, 0.2) is 24.3 Å². The lowest BCUT2D eigenvalue weighted by molar-refractivity contribution is -0.223.